The Balaban J connectivity index is 1.78. The highest BCUT2D eigenvalue weighted by molar-refractivity contribution is 5.47. The van der Waals surface area contributed by atoms with Crippen LogP contribution in [0.4, 0.5) is 5.69 Å². The van der Waals surface area contributed by atoms with Gasteiger partial charge < -0.3 is 9.64 Å². The maximum Gasteiger partial charge on any atom is 0.0674 e. The molecule has 2 heteroatoms. The lowest BCUT2D eigenvalue weighted by Gasteiger charge is -2.37. The van der Waals surface area contributed by atoms with Crippen molar-refractivity contribution in [2.75, 3.05) is 24.7 Å². The van der Waals surface area contributed by atoms with Gasteiger partial charge in [0.05, 0.1) is 19.3 Å². The smallest absolute Gasteiger partial charge is 0.0674 e. The van der Waals surface area contributed by atoms with Gasteiger partial charge in [0.15, 0.2) is 0 Å². The van der Waals surface area contributed by atoms with E-state index in [9.17, 15) is 0 Å². The fourth-order valence-electron chi connectivity index (χ4n) is 2.67. The molecule has 0 spiro atoms. The molecular formula is C17H19NO. The molecule has 1 fully saturated rings. The van der Waals surface area contributed by atoms with E-state index in [0.29, 0.717) is 6.04 Å². The monoisotopic (exact) mass is 253 g/mol. The van der Waals surface area contributed by atoms with Crippen LogP contribution < -0.4 is 4.90 Å². The van der Waals surface area contributed by atoms with Gasteiger partial charge in [-0.3, -0.25) is 0 Å². The minimum atomic E-state index is 0.429. The Bertz CT molecular complexity index is 497. The van der Waals surface area contributed by atoms with Crippen molar-refractivity contribution in [1.82, 2.24) is 0 Å². The number of morpholine rings is 1. The quantitative estimate of drug-likeness (QED) is 0.833. The Morgan fingerprint density at radius 3 is 2.37 bits per heavy atom. The van der Waals surface area contributed by atoms with Gasteiger partial charge in [-0.25, -0.2) is 0 Å². The van der Waals surface area contributed by atoms with Gasteiger partial charge in [-0.1, -0.05) is 48.5 Å². The first-order chi connectivity index (χ1) is 9.43. The van der Waals surface area contributed by atoms with Gasteiger partial charge in [0.1, 0.15) is 0 Å². The standard InChI is InChI=1S/C17H19NO/c1-3-7-15(8-4-1)13-17-14-19-12-11-18(17)16-9-5-2-6-10-16/h1-10,17H,11-14H2/t17-/m0/s1. The van der Waals surface area contributed by atoms with Gasteiger partial charge in [0, 0.05) is 12.2 Å². The van der Waals surface area contributed by atoms with E-state index in [1.807, 2.05) is 0 Å². The van der Waals surface area contributed by atoms with Crippen LogP contribution in [0.3, 0.4) is 0 Å². The normalized spacial score (nSPS) is 19.4. The molecule has 2 aromatic carbocycles. The second kappa shape index (κ2) is 5.89. The summed E-state index contributed by atoms with van der Waals surface area (Å²) in [6.45, 7) is 2.60. The summed E-state index contributed by atoms with van der Waals surface area (Å²) < 4.78 is 5.66. The maximum absolute atomic E-state index is 5.66. The molecule has 1 saturated heterocycles. The molecule has 2 aromatic rings. The number of hydrogen-bond acceptors (Lipinski definition) is 2. The minimum absolute atomic E-state index is 0.429. The van der Waals surface area contributed by atoms with E-state index in [4.69, 9.17) is 4.74 Å². The summed E-state index contributed by atoms with van der Waals surface area (Å²) in [5, 5.41) is 0. The molecule has 0 amide bonds. The van der Waals surface area contributed by atoms with Gasteiger partial charge in [-0.2, -0.15) is 0 Å². The van der Waals surface area contributed by atoms with Gasteiger partial charge in [-0.05, 0) is 24.1 Å². The summed E-state index contributed by atoms with van der Waals surface area (Å²) in [7, 11) is 0. The highest BCUT2D eigenvalue weighted by Gasteiger charge is 2.23. The average molecular weight is 253 g/mol. The Morgan fingerprint density at radius 1 is 0.947 bits per heavy atom. The van der Waals surface area contributed by atoms with Crippen LogP contribution in [-0.4, -0.2) is 25.8 Å². The van der Waals surface area contributed by atoms with Crippen LogP contribution in [0, 0.1) is 0 Å². The molecule has 1 heterocycles. The highest BCUT2D eigenvalue weighted by atomic mass is 16.5. The fraction of sp³-hybridized carbons (Fsp3) is 0.294. The first-order valence-corrected chi connectivity index (χ1v) is 6.87. The summed E-state index contributed by atoms with van der Waals surface area (Å²) in [4.78, 5) is 2.47. The summed E-state index contributed by atoms with van der Waals surface area (Å²) >= 11 is 0. The van der Waals surface area contributed by atoms with Crippen molar-refractivity contribution >= 4 is 5.69 Å². The minimum Gasteiger partial charge on any atom is -0.377 e. The highest BCUT2D eigenvalue weighted by Crippen LogP contribution is 2.21. The van der Waals surface area contributed by atoms with Crippen LogP contribution >= 0.6 is 0 Å². The van der Waals surface area contributed by atoms with Crippen LogP contribution in [0.2, 0.25) is 0 Å². The van der Waals surface area contributed by atoms with Crippen LogP contribution in [0.1, 0.15) is 5.56 Å². The number of nitrogens with zero attached hydrogens (tertiary/aromatic N) is 1. The average Bonchev–Trinajstić information content (AvgIpc) is 2.50. The van der Waals surface area contributed by atoms with Crippen molar-refractivity contribution in [3.05, 3.63) is 66.2 Å². The second-order valence-electron chi connectivity index (χ2n) is 4.95. The molecule has 1 atom stereocenters. The van der Waals surface area contributed by atoms with Crippen LogP contribution in [0.15, 0.2) is 60.7 Å². The largest absolute Gasteiger partial charge is 0.377 e. The molecule has 0 radical (unpaired) electrons. The third-order valence-electron chi connectivity index (χ3n) is 3.63. The van der Waals surface area contributed by atoms with E-state index < -0.39 is 0 Å². The Hall–Kier alpha value is -1.80. The first kappa shape index (κ1) is 12.2. The number of para-hydroxylation sites is 1. The number of anilines is 1. The predicted molar refractivity (Wildman–Crippen MR) is 78.5 cm³/mol. The SMILES string of the molecule is c1ccc(C[C@H]2COCCN2c2ccccc2)cc1. The zero-order valence-electron chi connectivity index (χ0n) is 11.0. The molecule has 98 valence electrons. The Morgan fingerprint density at radius 2 is 1.63 bits per heavy atom. The molecule has 0 bridgehead atoms. The van der Waals surface area contributed by atoms with Crippen molar-refractivity contribution in [1.29, 1.82) is 0 Å². The van der Waals surface area contributed by atoms with Crippen molar-refractivity contribution in [2.24, 2.45) is 0 Å². The number of ether oxygens (including phenoxy) is 1. The summed E-state index contributed by atoms with van der Waals surface area (Å²) in [6, 6.07) is 21.7. The molecule has 0 aliphatic carbocycles. The Kier molecular flexibility index (Phi) is 3.80. The molecule has 19 heavy (non-hydrogen) atoms. The lowest BCUT2D eigenvalue weighted by Crippen LogP contribution is -2.46. The Labute approximate surface area is 114 Å². The molecule has 0 aromatic heterocycles. The second-order valence-corrected chi connectivity index (χ2v) is 4.95. The van der Waals surface area contributed by atoms with Gasteiger partial charge in [0.2, 0.25) is 0 Å². The summed E-state index contributed by atoms with van der Waals surface area (Å²) in [5.74, 6) is 0. The molecule has 1 aliphatic rings. The molecular weight excluding hydrogens is 234 g/mol. The third kappa shape index (κ3) is 2.96. The van der Waals surface area contributed by atoms with Gasteiger partial charge >= 0.3 is 0 Å². The van der Waals surface area contributed by atoms with Crippen molar-refractivity contribution < 1.29 is 4.74 Å². The van der Waals surface area contributed by atoms with E-state index >= 15 is 0 Å². The number of benzene rings is 2. The lowest BCUT2D eigenvalue weighted by atomic mass is 10.0. The zero-order valence-corrected chi connectivity index (χ0v) is 11.0. The first-order valence-electron chi connectivity index (χ1n) is 6.87. The fourth-order valence-corrected chi connectivity index (χ4v) is 2.67. The zero-order chi connectivity index (χ0) is 12.9. The van der Waals surface area contributed by atoms with Crippen LogP contribution in [0.25, 0.3) is 0 Å². The number of rotatable bonds is 3. The number of hydrogen-bond donors (Lipinski definition) is 0. The molecule has 2 nitrogen and oxygen atoms in total. The van der Waals surface area contributed by atoms with Crippen LogP contribution in [0.5, 0.6) is 0 Å². The maximum atomic E-state index is 5.66. The van der Waals surface area contributed by atoms with Gasteiger partial charge in [0.25, 0.3) is 0 Å². The molecule has 0 N–H and O–H groups in total. The van der Waals surface area contributed by atoms with E-state index in [0.717, 1.165) is 26.2 Å². The predicted octanol–water partition coefficient (Wildman–Crippen LogP) is 3.13. The van der Waals surface area contributed by atoms with Crippen molar-refractivity contribution in [3.8, 4) is 0 Å². The van der Waals surface area contributed by atoms with Crippen LogP contribution in [-0.2, 0) is 11.2 Å². The summed E-state index contributed by atoms with van der Waals surface area (Å²) in [6.07, 6.45) is 1.04. The topological polar surface area (TPSA) is 12.5 Å². The van der Waals surface area contributed by atoms with Crippen molar-refractivity contribution in [3.63, 3.8) is 0 Å². The summed E-state index contributed by atoms with van der Waals surface area (Å²) in [5.41, 5.74) is 2.67. The lowest BCUT2D eigenvalue weighted by molar-refractivity contribution is 0.0941. The van der Waals surface area contributed by atoms with E-state index in [2.05, 4.69) is 65.6 Å². The molecule has 3 rings (SSSR count). The molecule has 0 unspecified atom stereocenters. The van der Waals surface area contributed by atoms with E-state index in [-0.39, 0.29) is 0 Å². The molecule has 0 saturated carbocycles. The van der Waals surface area contributed by atoms with Crippen molar-refractivity contribution in [2.45, 2.75) is 12.5 Å². The van der Waals surface area contributed by atoms with Gasteiger partial charge in [-0.15, -0.1) is 0 Å². The third-order valence-corrected chi connectivity index (χ3v) is 3.63. The molecule has 1 aliphatic heterocycles. The van der Waals surface area contributed by atoms with E-state index in [1.165, 1.54) is 11.3 Å². The van der Waals surface area contributed by atoms with E-state index in [1.54, 1.807) is 0 Å².